The zero-order chi connectivity index (χ0) is 24.5. The Morgan fingerprint density at radius 3 is 1.89 bits per heavy atom. The topological polar surface area (TPSA) is 0 Å². The minimum absolute atomic E-state index is 0.0595. The van der Waals surface area contributed by atoms with Crippen molar-refractivity contribution in [1.82, 2.24) is 0 Å². The molecule has 0 N–H and O–H groups in total. The van der Waals surface area contributed by atoms with E-state index >= 15 is 0 Å². The van der Waals surface area contributed by atoms with Crippen LogP contribution in [0.1, 0.15) is 115 Å². The fraction of sp³-hybridized carbons (Fsp3) is 0.647. The third-order valence-electron chi connectivity index (χ3n) is 9.69. The van der Waals surface area contributed by atoms with Crippen molar-refractivity contribution in [1.29, 1.82) is 0 Å². The number of halogens is 1. The van der Waals surface area contributed by atoms with Gasteiger partial charge in [-0.15, -0.1) is 0 Å². The van der Waals surface area contributed by atoms with Crippen molar-refractivity contribution in [2.75, 3.05) is 0 Å². The monoisotopic (exact) mass is 476 g/mol. The van der Waals surface area contributed by atoms with Crippen LogP contribution in [0.5, 0.6) is 0 Å². The van der Waals surface area contributed by atoms with Crippen LogP contribution in [0.15, 0.2) is 54.6 Å². The first-order valence-electron chi connectivity index (χ1n) is 15.0. The molecule has 0 heterocycles. The van der Waals surface area contributed by atoms with Crippen molar-refractivity contribution in [2.24, 2.45) is 23.7 Å². The highest BCUT2D eigenvalue weighted by molar-refractivity contribution is 5.68. The maximum atomic E-state index is 14.7. The molecule has 35 heavy (non-hydrogen) atoms. The Morgan fingerprint density at radius 2 is 1.23 bits per heavy atom. The van der Waals surface area contributed by atoms with Gasteiger partial charge in [0.1, 0.15) is 6.17 Å². The molecule has 192 valence electrons. The first-order valence-corrected chi connectivity index (χ1v) is 15.0. The Morgan fingerprint density at radius 1 is 0.629 bits per heavy atom. The van der Waals surface area contributed by atoms with Crippen LogP contribution in [0, 0.1) is 23.7 Å². The van der Waals surface area contributed by atoms with Gasteiger partial charge < -0.3 is 0 Å². The Bertz CT molecular complexity index is 844. The van der Waals surface area contributed by atoms with Gasteiger partial charge in [0.15, 0.2) is 0 Å². The van der Waals surface area contributed by atoms with E-state index < -0.39 is 6.17 Å². The summed E-state index contributed by atoms with van der Waals surface area (Å²) < 4.78 is 14.7. The van der Waals surface area contributed by atoms with Gasteiger partial charge in [0.05, 0.1) is 0 Å². The van der Waals surface area contributed by atoms with Crippen LogP contribution in [0.25, 0.3) is 11.1 Å². The summed E-state index contributed by atoms with van der Waals surface area (Å²) >= 11 is 0. The molecule has 0 bridgehead atoms. The first kappa shape index (κ1) is 26.4. The van der Waals surface area contributed by atoms with Crippen LogP contribution in [-0.2, 0) is 0 Å². The van der Waals surface area contributed by atoms with Crippen LogP contribution in [0.2, 0.25) is 0 Å². The lowest BCUT2D eigenvalue weighted by Gasteiger charge is -2.35. The van der Waals surface area contributed by atoms with Gasteiger partial charge in [0, 0.05) is 5.92 Å². The van der Waals surface area contributed by atoms with Gasteiger partial charge in [-0.1, -0.05) is 126 Å². The number of alkyl halides is 1. The van der Waals surface area contributed by atoms with E-state index in [1.54, 1.807) is 25.7 Å². The van der Waals surface area contributed by atoms with Gasteiger partial charge in [-0.2, -0.15) is 0 Å². The summed E-state index contributed by atoms with van der Waals surface area (Å²) in [6.07, 6.45) is 18.6. The summed E-state index contributed by atoms with van der Waals surface area (Å²) in [5.74, 6) is 3.96. The minimum atomic E-state index is -0.700. The Kier molecular flexibility index (Phi) is 10.3. The molecule has 0 aliphatic heterocycles. The molecule has 3 unspecified atom stereocenters. The van der Waals surface area contributed by atoms with Crippen LogP contribution >= 0.6 is 0 Å². The highest BCUT2D eigenvalue weighted by Gasteiger charge is 2.32. The van der Waals surface area contributed by atoms with Crippen LogP contribution in [0.4, 0.5) is 4.39 Å². The zero-order valence-electron chi connectivity index (χ0n) is 22.4. The molecule has 0 spiro atoms. The lowest BCUT2D eigenvalue weighted by Crippen LogP contribution is -2.24. The quantitative estimate of drug-likeness (QED) is 0.402. The molecule has 0 amide bonds. The van der Waals surface area contributed by atoms with E-state index in [1.807, 2.05) is 24.3 Å². The van der Waals surface area contributed by atoms with Gasteiger partial charge >= 0.3 is 0 Å². The maximum absolute atomic E-state index is 14.7. The fourth-order valence-electron chi connectivity index (χ4n) is 7.29. The number of benzene rings is 2. The van der Waals surface area contributed by atoms with E-state index in [9.17, 15) is 4.39 Å². The molecule has 0 radical (unpaired) electrons. The van der Waals surface area contributed by atoms with Gasteiger partial charge in [-0.05, 0) is 72.5 Å². The molecular formula is C34H49F. The highest BCUT2D eigenvalue weighted by atomic mass is 19.1. The number of hydrogen-bond donors (Lipinski definition) is 0. The standard InChI is InChI=1S/C20H23F.C14H26/c1-2-15-12-13-19(20(21)14-15)18-11-7-6-10-17(18)16-8-4-3-5-9-16;1-2-12-8-10-14(11-9-12)13-6-4-3-5-7-13/h3-11,15,19-20H,2,12-14H2,1H3;12-14H,2-11H2,1H3. The summed E-state index contributed by atoms with van der Waals surface area (Å²) in [7, 11) is 0. The molecule has 3 aliphatic carbocycles. The second-order valence-corrected chi connectivity index (χ2v) is 11.8. The third-order valence-corrected chi connectivity index (χ3v) is 9.69. The van der Waals surface area contributed by atoms with Gasteiger partial charge in [0.25, 0.3) is 0 Å². The Labute approximate surface area is 215 Å². The third kappa shape index (κ3) is 7.21. The van der Waals surface area contributed by atoms with Crippen molar-refractivity contribution in [3.63, 3.8) is 0 Å². The van der Waals surface area contributed by atoms with E-state index in [0.29, 0.717) is 5.92 Å². The number of hydrogen-bond acceptors (Lipinski definition) is 0. The molecular weight excluding hydrogens is 427 g/mol. The molecule has 1 heteroatoms. The van der Waals surface area contributed by atoms with Crippen molar-refractivity contribution < 1.29 is 4.39 Å². The molecule has 2 aromatic rings. The summed E-state index contributed by atoms with van der Waals surface area (Å²) in [5.41, 5.74) is 3.57. The molecule has 5 rings (SSSR count). The Hall–Kier alpha value is -1.63. The van der Waals surface area contributed by atoms with Crippen molar-refractivity contribution >= 4 is 0 Å². The lowest BCUT2D eigenvalue weighted by atomic mass is 9.71. The second kappa shape index (κ2) is 13.6. The summed E-state index contributed by atoms with van der Waals surface area (Å²) in [6.45, 7) is 4.54. The van der Waals surface area contributed by atoms with E-state index in [4.69, 9.17) is 0 Å². The largest absolute Gasteiger partial charge is 0.247 e. The predicted molar refractivity (Wildman–Crippen MR) is 149 cm³/mol. The first-order chi connectivity index (χ1) is 17.2. The molecule has 2 aromatic carbocycles. The second-order valence-electron chi connectivity index (χ2n) is 11.8. The molecule has 0 aromatic heterocycles. The highest BCUT2D eigenvalue weighted by Crippen LogP contribution is 2.43. The smallest absolute Gasteiger partial charge is 0.107 e. The van der Waals surface area contributed by atoms with E-state index in [2.05, 4.69) is 44.2 Å². The van der Waals surface area contributed by atoms with Crippen LogP contribution in [0.3, 0.4) is 0 Å². The van der Waals surface area contributed by atoms with Crippen molar-refractivity contribution in [2.45, 2.75) is 116 Å². The summed E-state index contributed by atoms with van der Waals surface area (Å²) in [5, 5.41) is 0. The zero-order valence-corrected chi connectivity index (χ0v) is 22.4. The maximum Gasteiger partial charge on any atom is 0.107 e. The minimum Gasteiger partial charge on any atom is -0.247 e. The average Bonchev–Trinajstić information content (AvgIpc) is 2.94. The average molecular weight is 477 g/mol. The Balaban J connectivity index is 0.000000179. The van der Waals surface area contributed by atoms with E-state index in [1.165, 1.54) is 55.2 Å². The van der Waals surface area contributed by atoms with Crippen molar-refractivity contribution in [3.05, 3.63) is 60.2 Å². The predicted octanol–water partition coefficient (Wildman–Crippen LogP) is 10.8. The van der Waals surface area contributed by atoms with Crippen molar-refractivity contribution in [3.8, 4) is 11.1 Å². The van der Waals surface area contributed by atoms with E-state index in [-0.39, 0.29) is 5.92 Å². The van der Waals surface area contributed by atoms with Crippen LogP contribution in [-0.4, -0.2) is 6.17 Å². The SMILES string of the molecule is CCC1CCC(C2CCCCC2)CC1.CCC1CCC(c2ccccc2-c2ccccc2)C(F)C1. The number of rotatable bonds is 5. The molecule has 3 fully saturated rings. The molecule has 3 saturated carbocycles. The fourth-order valence-corrected chi connectivity index (χ4v) is 7.29. The summed E-state index contributed by atoms with van der Waals surface area (Å²) in [6, 6.07) is 18.7. The molecule has 3 atom stereocenters. The lowest BCUT2D eigenvalue weighted by molar-refractivity contribution is 0.165. The van der Waals surface area contributed by atoms with Crippen LogP contribution < -0.4 is 0 Å². The van der Waals surface area contributed by atoms with E-state index in [0.717, 1.165) is 43.4 Å². The van der Waals surface area contributed by atoms with Gasteiger partial charge in [-0.25, -0.2) is 4.39 Å². The van der Waals surface area contributed by atoms with Gasteiger partial charge in [0.2, 0.25) is 0 Å². The normalized spacial score (nSPS) is 29.7. The molecule has 0 saturated heterocycles. The molecule has 0 nitrogen and oxygen atoms in total. The molecule has 3 aliphatic rings. The summed E-state index contributed by atoms with van der Waals surface area (Å²) in [4.78, 5) is 0. The van der Waals surface area contributed by atoms with Gasteiger partial charge in [-0.3, -0.25) is 0 Å².